The highest BCUT2D eigenvalue weighted by Gasteiger charge is 2.43. The molecule has 1 aromatic heterocycles. The van der Waals surface area contributed by atoms with Gasteiger partial charge in [0.1, 0.15) is 4.34 Å². The zero-order valence-corrected chi connectivity index (χ0v) is 19.0. The fraction of sp³-hybridized carbons (Fsp3) is 0.750. The van der Waals surface area contributed by atoms with Crippen LogP contribution in [0.4, 0.5) is 0 Å². The van der Waals surface area contributed by atoms with Gasteiger partial charge in [-0.1, -0.05) is 36.0 Å². The molecule has 1 aromatic rings. The summed E-state index contributed by atoms with van der Waals surface area (Å²) < 4.78 is 26.3. The Kier molecular flexibility index (Phi) is 6.05. The Bertz CT molecular complexity index is 836. The zero-order valence-electron chi connectivity index (χ0n) is 15.9. The average Bonchev–Trinajstić information content (AvgIpc) is 3.56. The minimum Gasteiger partial charge on any atom is -0.351 e. The molecule has 0 aliphatic heterocycles. The SMILES string of the molecule is O=C(NCC1(CC2CC2)CCC(S(=O)(=O)CC2CC2)CC1)c1cc(Cl)sc1Cl. The fourth-order valence-corrected chi connectivity index (χ4v) is 8.23. The first kappa shape index (κ1) is 21.0. The van der Waals surface area contributed by atoms with Gasteiger partial charge in [-0.3, -0.25) is 4.79 Å². The number of hydrogen-bond donors (Lipinski definition) is 1. The third-order valence-electron chi connectivity index (χ3n) is 6.61. The molecule has 156 valence electrons. The summed E-state index contributed by atoms with van der Waals surface area (Å²) in [5.41, 5.74) is 0.438. The van der Waals surface area contributed by atoms with Crippen LogP contribution >= 0.6 is 34.5 Å². The van der Waals surface area contributed by atoms with Crippen LogP contribution < -0.4 is 5.32 Å². The molecule has 4 nitrogen and oxygen atoms in total. The summed E-state index contributed by atoms with van der Waals surface area (Å²) in [5, 5.41) is 2.87. The topological polar surface area (TPSA) is 63.2 Å². The molecule has 0 atom stereocenters. The molecule has 0 radical (unpaired) electrons. The van der Waals surface area contributed by atoms with Gasteiger partial charge in [0.05, 0.1) is 20.9 Å². The fourth-order valence-electron chi connectivity index (χ4n) is 4.56. The van der Waals surface area contributed by atoms with Crippen molar-refractivity contribution in [3.63, 3.8) is 0 Å². The average molecular weight is 464 g/mol. The maximum atomic E-state index is 12.7. The van der Waals surface area contributed by atoms with Crippen LogP contribution in [0.5, 0.6) is 0 Å². The molecular formula is C20H27Cl2NO3S2. The van der Waals surface area contributed by atoms with Gasteiger partial charge in [0.2, 0.25) is 0 Å². The van der Waals surface area contributed by atoms with Gasteiger partial charge in [-0.25, -0.2) is 8.42 Å². The van der Waals surface area contributed by atoms with E-state index < -0.39 is 9.84 Å². The van der Waals surface area contributed by atoms with Crippen molar-refractivity contribution in [1.29, 1.82) is 0 Å². The van der Waals surface area contributed by atoms with Gasteiger partial charge in [0.15, 0.2) is 9.84 Å². The van der Waals surface area contributed by atoms with E-state index in [0.29, 0.717) is 32.5 Å². The van der Waals surface area contributed by atoms with E-state index in [0.717, 1.165) is 50.9 Å². The summed E-state index contributed by atoms with van der Waals surface area (Å²) in [6.07, 6.45) is 8.92. The quantitative estimate of drug-likeness (QED) is 0.565. The number of thiophene rings is 1. The summed E-state index contributed by atoms with van der Waals surface area (Å²) >= 11 is 13.3. The summed E-state index contributed by atoms with van der Waals surface area (Å²) in [4.78, 5) is 12.6. The highest BCUT2D eigenvalue weighted by Crippen LogP contribution is 2.49. The van der Waals surface area contributed by atoms with Gasteiger partial charge >= 0.3 is 0 Å². The Hall–Kier alpha value is -0.300. The van der Waals surface area contributed by atoms with Gasteiger partial charge in [-0.15, -0.1) is 11.3 Å². The maximum absolute atomic E-state index is 12.7. The normalized spacial score (nSPS) is 28.3. The standard InChI is InChI=1S/C20H27Cl2NO3S2/c21-17-9-16(18(22)27-17)19(24)23-12-20(10-13-1-2-13)7-5-15(6-8-20)28(25,26)11-14-3-4-14/h9,13-15H,1-8,10-12H2,(H,23,24). The predicted molar refractivity (Wildman–Crippen MR) is 115 cm³/mol. The lowest BCUT2D eigenvalue weighted by molar-refractivity contribution is 0.0896. The van der Waals surface area contributed by atoms with Crippen LogP contribution in [0.25, 0.3) is 0 Å². The van der Waals surface area contributed by atoms with E-state index in [2.05, 4.69) is 5.32 Å². The predicted octanol–water partition coefficient (Wildman–Crippen LogP) is 5.34. The lowest BCUT2D eigenvalue weighted by Gasteiger charge is -2.40. The van der Waals surface area contributed by atoms with Crippen LogP contribution in [0.3, 0.4) is 0 Å². The van der Waals surface area contributed by atoms with E-state index in [1.165, 1.54) is 24.2 Å². The summed E-state index contributed by atoms with van der Waals surface area (Å²) in [5.74, 6) is 1.33. The molecule has 1 amide bonds. The van der Waals surface area contributed by atoms with Crippen molar-refractivity contribution in [2.45, 2.75) is 63.0 Å². The molecular weight excluding hydrogens is 437 g/mol. The Labute approximate surface area is 181 Å². The number of rotatable bonds is 8. The number of carbonyl (C=O) groups excluding carboxylic acids is 1. The maximum Gasteiger partial charge on any atom is 0.253 e. The highest BCUT2D eigenvalue weighted by molar-refractivity contribution is 7.92. The molecule has 4 rings (SSSR count). The lowest BCUT2D eigenvalue weighted by Crippen LogP contribution is -2.43. The number of amides is 1. The van der Waals surface area contributed by atoms with Gasteiger partial charge in [0.25, 0.3) is 5.91 Å². The van der Waals surface area contributed by atoms with E-state index in [-0.39, 0.29) is 16.6 Å². The number of carbonyl (C=O) groups is 1. The van der Waals surface area contributed by atoms with E-state index in [4.69, 9.17) is 23.2 Å². The van der Waals surface area contributed by atoms with Gasteiger partial charge in [0, 0.05) is 6.54 Å². The largest absolute Gasteiger partial charge is 0.351 e. The van der Waals surface area contributed by atoms with Crippen molar-refractivity contribution in [2.75, 3.05) is 12.3 Å². The zero-order chi connectivity index (χ0) is 19.9. The molecule has 3 aliphatic rings. The lowest BCUT2D eigenvalue weighted by atomic mass is 9.70. The van der Waals surface area contributed by atoms with Crippen LogP contribution in [0.2, 0.25) is 8.67 Å². The first-order chi connectivity index (χ1) is 13.3. The third kappa shape index (κ3) is 5.05. The molecule has 1 N–H and O–H groups in total. The molecule has 0 saturated heterocycles. The third-order valence-corrected chi connectivity index (χ3v) is 10.5. The molecule has 3 aliphatic carbocycles. The molecule has 0 aromatic carbocycles. The summed E-state index contributed by atoms with van der Waals surface area (Å²) in [7, 11) is -2.98. The minimum absolute atomic E-state index is 0.00865. The Morgan fingerprint density at radius 1 is 1.11 bits per heavy atom. The number of sulfone groups is 1. The first-order valence-corrected chi connectivity index (χ1v) is 13.5. The van der Waals surface area contributed by atoms with Crippen molar-refractivity contribution in [3.05, 3.63) is 20.3 Å². The molecule has 3 saturated carbocycles. The summed E-state index contributed by atoms with van der Waals surface area (Å²) in [6, 6.07) is 1.61. The second-order valence-corrected chi connectivity index (χ2v) is 13.7. The second kappa shape index (κ2) is 8.09. The van der Waals surface area contributed by atoms with Crippen molar-refractivity contribution in [1.82, 2.24) is 5.32 Å². The van der Waals surface area contributed by atoms with Crippen LogP contribution in [0.1, 0.15) is 68.1 Å². The highest BCUT2D eigenvalue weighted by atomic mass is 35.5. The van der Waals surface area contributed by atoms with Crippen LogP contribution in [-0.4, -0.2) is 31.9 Å². The molecule has 8 heteroatoms. The van der Waals surface area contributed by atoms with Crippen LogP contribution in [0.15, 0.2) is 6.07 Å². The Morgan fingerprint density at radius 3 is 2.29 bits per heavy atom. The van der Waals surface area contributed by atoms with Crippen LogP contribution in [-0.2, 0) is 9.84 Å². The molecule has 0 unspecified atom stereocenters. The van der Waals surface area contributed by atoms with Gasteiger partial charge < -0.3 is 5.32 Å². The van der Waals surface area contributed by atoms with Gasteiger partial charge in [-0.2, -0.15) is 0 Å². The van der Waals surface area contributed by atoms with Crippen molar-refractivity contribution >= 4 is 50.3 Å². The molecule has 28 heavy (non-hydrogen) atoms. The van der Waals surface area contributed by atoms with Crippen molar-refractivity contribution < 1.29 is 13.2 Å². The minimum atomic E-state index is -2.98. The Morgan fingerprint density at radius 2 is 1.75 bits per heavy atom. The van der Waals surface area contributed by atoms with Crippen molar-refractivity contribution in [2.24, 2.45) is 17.3 Å². The summed E-state index contributed by atoms with van der Waals surface area (Å²) in [6.45, 7) is 0.585. The first-order valence-electron chi connectivity index (χ1n) is 10.2. The monoisotopic (exact) mass is 463 g/mol. The van der Waals surface area contributed by atoms with E-state index in [1.54, 1.807) is 6.07 Å². The van der Waals surface area contributed by atoms with E-state index >= 15 is 0 Å². The van der Waals surface area contributed by atoms with E-state index in [9.17, 15) is 13.2 Å². The molecule has 0 bridgehead atoms. The van der Waals surface area contributed by atoms with E-state index in [1.807, 2.05) is 0 Å². The number of nitrogens with one attached hydrogen (secondary N) is 1. The van der Waals surface area contributed by atoms with Crippen LogP contribution in [0, 0.1) is 17.3 Å². The molecule has 3 fully saturated rings. The van der Waals surface area contributed by atoms with Crippen molar-refractivity contribution in [3.8, 4) is 0 Å². The Balaban J connectivity index is 1.38. The molecule has 0 spiro atoms. The number of hydrogen-bond acceptors (Lipinski definition) is 4. The smallest absolute Gasteiger partial charge is 0.253 e. The van der Waals surface area contributed by atoms with Gasteiger partial charge in [-0.05, 0) is 68.3 Å². The second-order valence-electron chi connectivity index (χ2n) is 9.04. The molecule has 1 heterocycles. The number of halogens is 2.